The molecule has 0 spiro atoms. The molecule has 6 heteroatoms. The summed E-state index contributed by atoms with van der Waals surface area (Å²) in [4.78, 5) is 12.4. The average molecular weight is 416 g/mol. The topological polar surface area (TPSA) is 54.0 Å². The van der Waals surface area contributed by atoms with Gasteiger partial charge in [0.2, 0.25) is 0 Å². The molecule has 1 saturated heterocycles. The Balaban J connectivity index is 1.53. The van der Waals surface area contributed by atoms with E-state index in [0.717, 1.165) is 25.7 Å². The summed E-state index contributed by atoms with van der Waals surface area (Å²) in [5.41, 5.74) is 1.15. The standard InChI is InChI=1S/C24H29FO5/c1-3-5-6-7-23-28-15-18(16-29-23)24(26)30-19-10-8-17(9-11-19)21-13-12-20(27-4-2)14-22(21)25/h8-14,18,23H,3-7,15-16H2,1-2H3. The van der Waals surface area contributed by atoms with E-state index in [9.17, 15) is 9.18 Å². The zero-order valence-corrected chi connectivity index (χ0v) is 17.6. The SMILES string of the molecule is CCCCCC1OCC(C(=O)Oc2ccc(-c3ccc(OCC)cc3F)cc2)CO1. The maximum absolute atomic E-state index is 14.3. The van der Waals surface area contributed by atoms with Crippen molar-refractivity contribution in [2.24, 2.45) is 5.92 Å². The second kappa shape index (κ2) is 11.1. The lowest BCUT2D eigenvalue weighted by Crippen LogP contribution is -2.38. The van der Waals surface area contributed by atoms with Gasteiger partial charge < -0.3 is 18.9 Å². The number of hydrogen-bond donors (Lipinski definition) is 0. The normalized spacial score (nSPS) is 18.8. The Bertz CT molecular complexity index is 813. The first-order valence-electron chi connectivity index (χ1n) is 10.6. The van der Waals surface area contributed by atoms with E-state index in [0.29, 0.717) is 42.4 Å². The summed E-state index contributed by atoms with van der Waals surface area (Å²) in [6.07, 6.45) is 3.96. The van der Waals surface area contributed by atoms with Crippen molar-refractivity contribution >= 4 is 5.97 Å². The van der Waals surface area contributed by atoms with Gasteiger partial charge in [-0.3, -0.25) is 4.79 Å². The maximum atomic E-state index is 14.3. The summed E-state index contributed by atoms with van der Waals surface area (Å²) < 4.78 is 36.4. The van der Waals surface area contributed by atoms with Gasteiger partial charge in [-0.25, -0.2) is 4.39 Å². The third-order valence-electron chi connectivity index (χ3n) is 4.98. The van der Waals surface area contributed by atoms with E-state index in [1.165, 1.54) is 6.07 Å². The molecular formula is C24H29FO5. The zero-order valence-electron chi connectivity index (χ0n) is 17.6. The van der Waals surface area contributed by atoms with Gasteiger partial charge in [0.15, 0.2) is 6.29 Å². The molecule has 0 aromatic heterocycles. The van der Waals surface area contributed by atoms with Gasteiger partial charge in [0.25, 0.3) is 0 Å². The predicted octanol–water partition coefficient (Wildman–Crippen LogP) is 5.37. The third-order valence-corrected chi connectivity index (χ3v) is 4.98. The Morgan fingerprint density at radius 3 is 2.37 bits per heavy atom. The van der Waals surface area contributed by atoms with Crippen LogP contribution in [-0.4, -0.2) is 32.1 Å². The number of rotatable bonds is 9. The van der Waals surface area contributed by atoms with Crippen LogP contribution in [0.25, 0.3) is 11.1 Å². The van der Waals surface area contributed by atoms with Crippen LogP contribution in [0.15, 0.2) is 42.5 Å². The van der Waals surface area contributed by atoms with Crippen molar-refractivity contribution in [3.63, 3.8) is 0 Å². The fraction of sp³-hybridized carbons (Fsp3) is 0.458. The van der Waals surface area contributed by atoms with Crippen LogP contribution in [0.3, 0.4) is 0 Å². The number of esters is 1. The first-order chi connectivity index (χ1) is 14.6. The lowest BCUT2D eigenvalue weighted by atomic mass is 10.0. The Morgan fingerprint density at radius 2 is 1.73 bits per heavy atom. The van der Waals surface area contributed by atoms with Gasteiger partial charge in [0.1, 0.15) is 23.2 Å². The van der Waals surface area contributed by atoms with Crippen molar-refractivity contribution in [3.8, 4) is 22.6 Å². The minimum absolute atomic E-state index is 0.233. The van der Waals surface area contributed by atoms with Crippen LogP contribution in [0.4, 0.5) is 4.39 Å². The highest BCUT2D eigenvalue weighted by molar-refractivity contribution is 5.76. The largest absolute Gasteiger partial charge is 0.494 e. The molecule has 30 heavy (non-hydrogen) atoms. The molecule has 0 bridgehead atoms. The second-order valence-corrected chi connectivity index (χ2v) is 7.31. The lowest BCUT2D eigenvalue weighted by Gasteiger charge is -2.28. The molecule has 0 atom stereocenters. The summed E-state index contributed by atoms with van der Waals surface area (Å²) in [5, 5.41) is 0. The Kier molecular flexibility index (Phi) is 8.22. The van der Waals surface area contributed by atoms with Crippen LogP contribution in [-0.2, 0) is 14.3 Å². The van der Waals surface area contributed by atoms with Crippen molar-refractivity contribution in [2.45, 2.75) is 45.8 Å². The molecule has 2 aromatic rings. The van der Waals surface area contributed by atoms with Gasteiger partial charge in [-0.2, -0.15) is 0 Å². The van der Waals surface area contributed by atoms with Gasteiger partial charge in [0.05, 0.1) is 19.8 Å². The molecule has 5 nitrogen and oxygen atoms in total. The summed E-state index contributed by atoms with van der Waals surface area (Å²) >= 11 is 0. The van der Waals surface area contributed by atoms with E-state index in [1.54, 1.807) is 36.4 Å². The van der Waals surface area contributed by atoms with Crippen LogP contribution >= 0.6 is 0 Å². The molecule has 0 saturated carbocycles. The Labute approximate surface area is 177 Å². The van der Waals surface area contributed by atoms with Gasteiger partial charge in [-0.15, -0.1) is 0 Å². The van der Waals surface area contributed by atoms with E-state index in [-0.39, 0.29) is 18.1 Å². The molecule has 1 fully saturated rings. The fourth-order valence-corrected chi connectivity index (χ4v) is 3.30. The molecule has 1 aliphatic heterocycles. The van der Waals surface area contributed by atoms with Gasteiger partial charge in [0, 0.05) is 11.6 Å². The maximum Gasteiger partial charge on any atom is 0.319 e. The Hall–Kier alpha value is -2.44. The summed E-state index contributed by atoms with van der Waals surface area (Å²) in [6, 6.07) is 11.5. The van der Waals surface area contributed by atoms with Crippen LogP contribution in [0.2, 0.25) is 0 Å². The monoisotopic (exact) mass is 416 g/mol. The number of carbonyl (C=O) groups is 1. The summed E-state index contributed by atoms with van der Waals surface area (Å²) in [6.45, 7) is 5.07. The molecule has 0 unspecified atom stereocenters. The molecule has 1 heterocycles. The third kappa shape index (κ3) is 6.03. The molecular weight excluding hydrogens is 387 g/mol. The number of halogens is 1. The summed E-state index contributed by atoms with van der Waals surface area (Å²) in [7, 11) is 0. The van der Waals surface area contributed by atoms with Crippen molar-refractivity contribution in [1.82, 2.24) is 0 Å². The first kappa shape index (κ1) is 22.2. The van der Waals surface area contributed by atoms with E-state index < -0.39 is 5.92 Å². The first-order valence-corrected chi connectivity index (χ1v) is 10.6. The van der Waals surface area contributed by atoms with E-state index in [1.807, 2.05) is 6.92 Å². The van der Waals surface area contributed by atoms with Crippen molar-refractivity contribution in [1.29, 1.82) is 0 Å². The van der Waals surface area contributed by atoms with E-state index >= 15 is 0 Å². The number of hydrogen-bond acceptors (Lipinski definition) is 5. The molecule has 2 aromatic carbocycles. The fourth-order valence-electron chi connectivity index (χ4n) is 3.30. The van der Waals surface area contributed by atoms with Crippen molar-refractivity contribution in [2.75, 3.05) is 19.8 Å². The van der Waals surface area contributed by atoms with Gasteiger partial charge >= 0.3 is 5.97 Å². The second-order valence-electron chi connectivity index (χ2n) is 7.31. The number of benzene rings is 2. The van der Waals surface area contributed by atoms with Gasteiger partial charge in [-0.1, -0.05) is 31.9 Å². The smallest absolute Gasteiger partial charge is 0.319 e. The highest BCUT2D eigenvalue weighted by Gasteiger charge is 2.29. The van der Waals surface area contributed by atoms with E-state index in [4.69, 9.17) is 18.9 Å². The van der Waals surface area contributed by atoms with Crippen LogP contribution in [0, 0.1) is 11.7 Å². The number of carbonyl (C=O) groups excluding carboxylic acids is 1. The quantitative estimate of drug-likeness (QED) is 0.313. The molecule has 0 amide bonds. The molecule has 3 rings (SSSR count). The van der Waals surface area contributed by atoms with Gasteiger partial charge in [-0.05, 0) is 49.6 Å². The number of ether oxygens (including phenoxy) is 4. The van der Waals surface area contributed by atoms with Crippen LogP contribution in [0.1, 0.15) is 39.5 Å². The lowest BCUT2D eigenvalue weighted by molar-refractivity contribution is -0.208. The molecule has 0 N–H and O–H groups in total. The minimum atomic E-state index is -0.448. The summed E-state index contributed by atoms with van der Waals surface area (Å²) in [5.74, 6) is -0.303. The Morgan fingerprint density at radius 1 is 1.03 bits per heavy atom. The zero-order chi connectivity index (χ0) is 21.3. The van der Waals surface area contributed by atoms with Crippen molar-refractivity contribution in [3.05, 3.63) is 48.3 Å². The highest BCUT2D eigenvalue weighted by atomic mass is 19.1. The van der Waals surface area contributed by atoms with Crippen LogP contribution in [0.5, 0.6) is 11.5 Å². The molecule has 0 radical (unpaired) electrons. The van der Waals surface area contributed by atoms with Crippen LogP contribution < -0.4 is 9.47 Å². The highest BCUT2D eigenvalue weighted by Crippen LogP contribution is 2.28. The average Bonchev–Trinajstić information content (AvgIpc) is 2.75. The molecule has 1 aliphatic rings. The molecule has 162 valence electrons. The minimum Gasteiger partial charge on any atom is -0.494 e. The predicted molar refractivity (Wildman–Crippen MR) is 112 cm³/mol. The van der Waals surface area contributed by atoms with E-state index in [2.05, 4.69) is 6.92 Å². The molecule has 0 aliphatic carbocycles. The number of unbranched alkanes of at least 4 members (excludes halogenated alkanes) is 2. The van der Waals surface area contributed by atoms with Crippen molar-refractivity contribution < 1.29 is 28.1 Å².